The van der Waals surface area contributed by atoms with E-state index in [1.807, 2.05) is 24.6 Å². The Kier molecular flexibility index (Phi) is 8.62. The van der Waals surface area contributed by atoms with Crippen LogP contribution in [-0.2, 0) is 4.79 Å². The molecule has 8 nitrogen and oxygen atoms in total. The van der Waals surface area contributed by atoms with Gasteiger partial charge in [-0.05, 0) is 43.2 Å². The van der Waals surface area contributed by atoms with Crippen molar-refractivity contribution in [2.45, 2.75) is 25.1 Å². The molecule has 0 saturated heterocycles. The number of hydrogen-bond acceptors (Lipinski definition) is 7. The van der Waals surface area contributed by atoms with Crippen molar-refractivity contribution in [1.29, 1.82) is 0 Å². The molecular weight excluding hydrogens is 442 g/mol. The zero-order valence-electron chi connectivity index (χ0n) is 19.2. The molecule has 1 heterocycles. The largest absolute Gasteiger partial charge is 0.493 e. The fourth-order valence-electron chi connectivity index (χ4n) is 3.17. The molecular formula is C24H29N3O5S. The summed E-state index contributed by atoms with van der Waals surface area (Å²) in [6.45, 7) is 4.11. The van der Waals surface area contributed by atoms with Crippen LogP contribution < -0.4 is 19.5 Å². The van der Waals surface area contributed by atoms with Gasteiger partial charge in [-0.2, -0.15) is 0 Å². The van der Waals surface area contributed by atoms with Crippen molar-refractivity contribution >= 4 is 17.7 Å². The van der Waals surface area contributed by atoms with Gasteiger partial charge in [0, 0.05) is 18.9 Å². The summed E-state index contributed by atoms with van der Waals surface area (Å²) >= 11 is 1.34. The molecule has 1 atom stereocenters. The SMILES string of the molecule is COc1cccc(OC)c1OCC(O)CNC(=O)CSc1nccn1-c1cc(C)ccc1C. The Labute approximate surface area is 197 Å². The zero-order chi connectivity index (χ0) is 23.8. The van der Waals surface area contributed by atoms with Crippen molar-refractivity contribution in [2.75, 3.05) is 33.1 Å². The van der Waals surface area contributed by atoms with Crippen LogP contribution in [0.25, 0.3) is 5.69 Å². The van der Waals surface area contributed by atoms with Gasteiger partial charge in [0.05, 0.1) is 25.7 Å². The van der Waals surface area contributed by atoms with E-state index in [-0.39, 0.29) is 24.8 Å². The lowest BCUT2D eigenvalue weighted by Crippen LogP contribution is -2.36. The van der Waals surface area contributed by atoms with E-state index in [0.717, 1.165) is 22.0 Å². The van der Waals surface area contributed by atoms with Crippen molar-refractivity contribution in [1.82, 2.24) is 14.9 Å². The van der Waals surface area contributed by atoms with E-state index in [4.69, 9.17) is 14.2 Å². The van der Waals surface area contributed by atoms with Crippen LogP contribution in [-0.4, -0.2) is 59.8 Å². The quantitative estimate of drug-likeness (QED) is 0.415. The number of methoxy groups -OCH3 is 2. The number of carbonyl (C=O) groups excluding carboxylic acids is 1. The Balaban J connectivity index is 1.49. The second-order valence-corrected chi connectivity index (χ2v) is 8.36. The number of carbonyl (C=O) groups is 1. The number of imidazole rings is 1. The molecule has 0 spiro atoms. The van der Waals surface area contributed by atoms with Gasteiger partial charge in [0.15, 0.2) is 16.7 Å². The maximum absolute atomic E-state index is 12.3. The van der Waals surface area contributed by atoms with Gasteiger partial charge in [-0.1, -0.05) is 30.0 Å². The van der Waals surface area contributed by atoms with Crippen LogP contribution in [0.5, 0.6) is 17.2 Å². The summed E-state index contributed by atoms with van der Waals surface area (Å²) < 4.78 is 18.2. The van der Waals surface area contributed by atoms with E-state index in [1.165, 1.54) is 26.0 Å². The van der Waals surface area contributed by atoms with Gasteiger partial charge < -0.3 is 24.6 Å². The summed E-state index contributed by atoms with van der Waals surface area (Å²) in [5.41, 5.74) is 3.31. The van der Waals surface area contributed by atoms with Crippen LogP contribution in [0.4, 0.5) is 0 Å². The van der Waals surface area contributed by atoms with E-state index in [2.05, 4.69) is 28.5 Å². The first-order valence-corrected chi connectivity index (χ1v) is 11.4. The van der Waals surface area contributed by atoms with Gasteiger partial charge in [-0.15, -0.1) is 0 Å². The number of amides is 1. The summed E-state index contributed by atoms with van der Waals surface area (Å²) in [4.78, 5) is 16.7. The first kappa shape index (κ1) is 24.5. The Morgan fingerprint density at radius 1 is 1.18 bits per heavy atom. The number of hydrogen-bond donors (Lipinski definition) is 2. The Bertz CT molecular complexity index is 1060. The lowest BCUT2D eigenvalue weighted by Gasteiger charge is -2.17. The predicted molar refractivity (Wildman–Crippen MR) is 128 cm³/mol. The Morgan fingerprint density at radius 3 is 2.61 bits per heavy atom. The van der Waals surface area contributed by atoms with Gasteiger partial charge in [0.1, 0.15) is 12.7 Å². The van der Waals surface area contributed by atoms with Crippen LogP contribution in [0.2, 0.25) is 0 Å². The smallest absolute Gasteiger partial charge is 0.230 e. The normalized spacial score (nSPS) is 11.7. The summed E-state index contributed by atoms with van der Waals surface area (Å²) in [5, 5.41) is 13.7. The van der Waals surface area contributed by atoms with E-state index in [0.29, 0.717) is 17.2 Å². The molecule has 0 aliphatic rings. The summed E-state index contributed by atoms with van der Waals surface area (Å²) in [6.07, 6.45) is 2.70. The number of ether oxygens (including phenoxy) is 3. The lowest BCUT2D eigenvalue weighted by atomic mass is 10.1. The van der Waals surface area contributed by atoms with Crippen LogP contribution in [0.1, 0.15) is 11.1 Å². The average molecular weight is 472 g/mol. The van der Waals surface area contributed by atoms with E-state index >= 15 is 0 Å². The first-order valence-electron chi connectivity index (χ1n) is 10.4. The summed E-state index contributed by atoms with van der Waals surface area (Å²) in [6, 6.07) is 11.5. The molecule has 1 aromatic heterocycles. The molecule has 176 valence electrons. The second-order valence-electron chi connectivity index (χ2n) is 7.42. The van der Waals surface area contributed by atoms with Crippen molar-refractivity contribution in [3.05, 3.63) is 59.9 Å². The number of aliphatic hydroxyl groups excluding tert-OH is 1. The maximum Gasteiger partial charge on any atom is 0.230 e. The highest BCUT2D eigenvalue weighted by molar-refractivity contribution is 7.99. The number of thioether (sulfide) groups is 1. The van der Waals surface area contributed by atoms with Crippen LogP contribution in [0, 0.1) is 13.8 Å². The molecule has 2 aromatic carbocycles. The summed E-state index contributed by atoms with van der Waals surface area (Å²) in [5.74, 6) is 1.38. The van der Waals surface area contributed by atoms with Gasteiger partial charge in [-0.3, -0.25) is 9.36 Å². The van der Waals surface area contributed by atoms with Crippen molar-refractivity contribution in [3.8, 4) is 22.9 Å². The monoisotopic (exact) mass is 471 g/mol. The highest BCUT2D eigenvalue weighted by Crippen LogP contribution is 2.36. The Morgan fingerprint density at radius 2 is 1.91 bits per heavy atom. The third kappa shape index (κ3) is 6.43. The van der Waals surface area contributed by atoms with Crippen LogP contribution in [0.15, 0.2) is 53.9 Å². The van der Waals surface area contributed by atoms with Crippen LogP contribution >= 0.6 is 11.8 Å². The van der Waals surface area contributed by atoms with Gasteiger partial charge in [-0.25, -0.2) is 4.98 Å². The molecule has 0 saturated carbocycles. The topological polar surface area (TPSA) is 94.8 Å². The minimum Gasteiger partial charge on any atom is -0.493 e. The van der Waals surface area contributed by atoms with Gasteiger partial charge in [0.25, 0.3) is 0 Å². The second kappa shape index (κ2) is 11.6. The molecule has 0 fully saturated rings. The number of rotatable bonds is 11. The minimum absolute atomic E-state index is 0.0266. The van der Waals surface area contributed by atoms with E-state index in [9.17, 15) is 9.90 Å². The van der Waals surface area contributed by atoms with Crippen molar-refractivity contribution < 1.29 is 24.1 Å². The third-order valence-electron chi connectivity index (χ3n) is 4.90. The maximum atomic E-state index is 12.3. The number of aromatic nitrogens is 2. The number of aryl methyl sites for hydroxylation is 2. The minimum atomic E-state index is -0.898. The number of benzene rings is 2. The van der Waals surface area contributed by atoms with Crippen LogP contribution in [0.3, 0.4) is 0 Å². The number of aliphatic hydroxyl groups is 1. The fraction of sp³-hybridized carbons (Fsp3) is 0.333. The molecule has 9 heteroatoms. The number of nitrogens with zero attached hydrogens (tertiary/aromatic N) is 2. The van der Waals surface area contributed by atoms with Gasteiger partial charge in [0.2, 0.25) is 11.7 Å². The van der Waals surface area contributed by atoms with E-state index in [1.54, 1.807) is 24.4 Å². The highest BCUT2D eigenvalue weighted by Gasteiger charge is 2.15. The molecule has 0 aliphatic carbocycles. The van der Waals surface area contributed by atoms with Crippen molar-refractivity contribution in [2.24, 2.45) is 0 Å². The van der Waals surface area contributed by atoms with Crippen molar-refractivity contribution in [3.63, 3.8) is 0 Å². The average Bonchev–Trinajstić information content (AvgIpc) is 3.29. The number of para-hydroxylation sites is 1. The highest BCUT2D eigenvalue weighted by atomic mass is 32.2. The molecule has 1 unspecified atom stereocenters. The summed E-state index contributed by atoms with van der Waals surface area (Å²) in [7, 11) is 3.06. The Hall–Kier alpha value is -3.17. The fourth-order valence-corrected chi connectivity index (χ4v) is 3.97. The predicted octanol–water partition coefficient (Wildman–Crippen LogP) is 3.15. The molecule has 0 radical (unpaired) electrons. The van der Waals surface area contributed by atoms with E-state index < -0.39 is 6.10 Å². The molecule has 0 aliphatic heterocycles. The molecule has 2 N–H and O–H groups in total. The molecule has 0 bridgehead atoms. The first-order chi connectivity index (χ1) is 15.9. The standard InChI is InChI=1S/C24H29N3O5S/c1-16-8-9-17(2)19(12-16)27-11-10-25-24(27)33-15-22(29)26-13-18(28)14-32-23-20(30-3)6-5-7-21(23)31-4/h5-12,18,28H,13-15H2,1-4H3,(H,26,29). The molecule has 3 aromatic rings. The molecule has 1 amide bonds. The zero-order valence-corrected chi connectivity index (χ0v) is 20.0. The molecule has 3 rings (SSSR count). The lowest BCUT2D eigenvalue weighted by molar-refractivity contribution is -0.119. The third-order valence-corrected chi connectivity index (χ3v) is 5.87. The van der Waals surface area contributed by atoms with Gasteiger partial charge >= 0.3 is 0 Å². The molecule has 33 heavy (non-hydrogen) atoms. The number of nitrogens with one attached hydrogen (secondary N) is 1.